The van der Waals surface area contributed by atoms with E-state index in [1.807, 2.05) is 24.3 Å². The third kappa shape index (κ3) is 4.47. The Morgan fingerprint density at radius 3 is 2.42 bits per heavy atom. The Bertz CT molecular complexity index is 809. The second kappa shape index (κ2) is 8.29. The van der Waals surface area contributed by atoms with Gasteiger partial charge in [-0.15, -0.1) is 0 Å². The fourth-order valence-electron chi connectivity index (χ4n) is 3.05. The van der Waals surface area contributed by atoms with Crippen molar-refractivity contribution in [2.24, 2.45) is 0 Å². The van der Waals surface area contributed by atoms with Crippen molar-refractivity contribution in [3.63, 3.8) is 0 Å². The van der Waals surface area contributed by atoms with Crippen molar-refractivity contribution < 1.29 is 9.72 Å². The molecule has 1 saturated heterocycles. The average molecular weight is 351 g/mol. The molecule has 0 aliphatic carbocycles. The number of benzene rings is 2. The van der Waals surface area contributed by atoms with Crippen LogP contribution in [0.4, 0.5) is 17.1 Å². The smallest absolute Gasteiger partial charge is 0.276 e. The van der Waals surface area contributed by atoms with Crippen LogP contribution in [0.25, 0.3) is 6.08 Å². The number of carbonyl (C=O) groups is 1. The maximum absolute atomic E-state index is 12.1. The van der Waals surface area contributed by atoms with Crippen LogP contribution in [0.1, 0.15) is 24.8 Å². The van der Waals surface area contributed by atoms with E-state index in [-0.39, 0.29) is 11.6 Å². The minimum atomic E-state index is -0.461. The zero-order valence-corrected chi connectivity index (χ0v) is 14.4. The van der Waals surface area contributed by atoms with Crippen LogP contribution in [0.2, 0.25) is 0 Å². The monoisotopic (exact) mass is 351 g/mol. The van der Waals surface area contributed by atoms with E-state index < -0.39 is 4.92 Å². The van der Waals surface area contributed by atoms with E-state index >= 15 is 0 Å². The van der Waals surface area contributed by atoms with Gasteiger partial charge in [0, 0.05) is 36.6 Å². The number of para-hydroxylation sites is 1. The lowest BCUT2D eigenvalue weighted by atomic mass is 10.1. The van der Waals surface area contributed by atoms with Crippen molar-refractivity contribution in [3.05, 3.63) is 70.3 Å². The van der Waals surface area contributed by atoms with Crippen LogP contribution < -0.4 is 10.2 Å². The molecule has 0 radical (unpaired) electrons. The Kier molecular flexibility index (Phi) is 5.63. The van der Waals surface area contributed by atoms with Crippen LogP contribution in [0.3, 0.4) is 0 Å². The van der Waals surface area contributed by atoms with Gasteiger partial charge in [-0.25, -0.2) is 0 Å². The Morgan fingerprint density at radius 2 is 1.73 bits per heavy atom. The summed E-state index contributed by atoms with van der Waals surface area (Å²) in [6, 6.07) is 14.1. The Labute approximate surface area is 152 Å². The number of rotatable bonds is 5. The molecule has 134 valence electrons. The van der Waals surface area contributed by atoms with E-state index in [9.17, 15) is 14.9 Å². The molecule has 3 rings (SSSR count). The number of anilines is 2. The number of hydrogen-bond acceptors (Lipinski definition) is 4. The topological polar surface area (TPSA) is 75.5 Å². The van der Waals surface area contributed by atoms with Crippen molar-refractivity contribution >= 4 is 29.0 Å². The molecule has 0 spiro atoms. The number of amides is 1. The van der Waals surface area contributed by atoms with Gasteiger partial charge in [0.25, 0.3) is 5.69 Å². The molecule has 1 amide bonds. The normalized spacial score (nSPS) is 14.4. The van der Waals surface area contributed by atoms with Gasteiger partial charge in [-0.2, -0.15) is 0 Å². The maximum atomic E-state index is 12.1. The lowest BCUT2D eigenvalue weighted by Crippen LogP contribution is -2.29. The molecule has 0 atom stereocenters. The first-order chi connectivity index (χ1) is 12.6. The van der Waals surface area contributed by atoms with Crippen LogP contribution in [0, 0.1) is 10.1 Å². The van der Waals surface area contributed by atoms with Gasteiger partial charge in [-0.3, -0.25) is 14.9 Å². The van der Waals surface area contributed by atoms with Crippen LogP contribution in [0.5, 0.6) is 0 Å². The molecule has 1 aliphatic rings. The van der Waals surface area contributed by atoms with Gasteiger partial charge < -0.3 is 10.2 Å². The zero-order valence-electron chi connectivity index (χ0n) is 14.4. The Morgan fingerprint density at radius 1 is 1.04 bits per heavy atom. The fraction of sp³-hybridized carbons (Fsp3) is 0.250. The van der Waals surface area contributed by atoms with E-state index in [1.54, 1.807) is 18.2 Å². The Balaban J connectivity index is 1.62. The van der Waals surface area contributed by atoms with Crippen LogP contribution >= 0.6 is 0 Å². The lowest BCUT2D eigenvalue weighted by molar-refractivity contribution is -0.385. The molecule has 1 aliphatic heterocycles. The molecule has 0 saturated carbocycles. The highest BCUT2D eigenvalue weighted by atomic mass is 16.6. The van der Waals surface area contributed by atoms with Crippen molar-refractivity contribution in [1.82, 2.24) is 0 Å². The number of nitro groups is 1. The predicted molar refractivity (Wildman–Crippen MR) is 103 cm³/mol. The number of nitrogens with zero attached hydrogens (tertiary/aromatic N) is 2. The van der Waals surface area contributed by atoms with Gasteiger partial charge in [-0.05, 0) is 55.7 Å². The molecule has 2 aromatic rings. The van der Waals surface area contributed by atoms with Crippen LogP contribution in [-0.2, 0) is 4.79 Å². The van der Waals surface area contributed by atoms with Crippen molar-refractivity contribution in [2.45, 2.75) is 19.3 Å². The van der Waals surface area contributed by atoms with Gasteiger partial charge in [-0.1, -0.05) is 12.1 Å². The molecule has 1 heterocycles. The van der Waals surface area contributed by atoms with E-state index in [1.165, 1.54) is 37.5 Å². The summed E-state index contributed by atoms with van der Waals surface area (Å²) in [5, 5.41) is 13.8. The minimum Gasteiger partial charge on any atom is -0.372 e. The maximum Gasteiger partial charge on any atom is 0.276 e. The number of piperidine rings is 1. The fourth-order valence-corrected chi connectivity index (χ4v) is 3.05. The van der Waals surface area contributed by atoms with Crippen molar-refractivity contribution in [1.29, 1.82) is 0 Å². The zero-order chi connectivity index (χ0) is 18.4. The standard InChI is InChI=1S/C20H21N3O3/c24-20(13-8-16-6-2-3-7-19(16)23(25)26)21-17-9-11-18(12-10-17)22-14-4-1-5-15-22/h2-3,6-13H,1,4-5,14-15H2,(H,21,24)/b13-8+. The SMILES string of the molecule is O=C(/C=C/c1ccccc1[N+](=O)[O-])Nc1ccc(N2CCCCC2)cc1. The summed E-state index contributed by atoms with van der Waals surface area (Å²) >= 11 is 0. The quantitative estimate of drug-likeness (QED) is 0.497. The predicted octanol–water partition coefficient (Wildman–Crippen LogP) is 4.24. The van der Waals surface area contributed by atoms with E-state index in [0.29, 0.717) is 11.3 Å². The summed E-state index contributed by atoms with van der Waals surface area (Å²) in [5.74, 6) is -0.325. The molecule has 6 nitrogen and oxygen atoms in total. The van der Waals surface area contributed by atoms with Crippen LogP contribution in [-0.4, -0.2) is 23.9 Å². The van der Waals surface area contributed by atoms with Gasteiger partial charge in [0.15, 0.2) is 0 Å². The molecule has 2 aromatic carbocycles. The number of hydrogen-bond donors (Lipinski definition) is 1. The van der Waals surface area contributed by atoms with Crippen molar-refractivity contribution in [2.75, 3.05) is 23.3 Å². The molecule has 0 bridgehead atoms. The average Bonchev–Trinajstić information content (AvgIpc) is 2.68. The third-order valence-electron chi connectivity index (χ3n) is 4.40. The summed E-state index contributed by atoms with van der Waals surface area (Å²) < 4.78 is 0. The number of carbonyl (C=O) groups excluding carboxylic acids is 1. The summed E-state index contributed by atoms with van der Waals surface area (Å²) in [4.78, 5) is 25.0. The number of nitro benzene ring substituents is 1. The first-order valence-electron chi connectivity index (χ1n) is 8.71. The molecule has 26 heavy (non-hydrogen) atoms. The molecule has 1 N–H and O–H groups in total. The van der Waals surface area contributed by atoms with Gasteiger partial charge in [0.2, 0.25) is 5.91 Å². The minimum absolute atomic E-state index is 0.0255. The van der Waals surface area contributed by atoms with Crippen LogP contribution in [0.15, 0.2) is 54.6 Å². The first kappa shape index (κ1) is 17.7. The summed E-state index contributed by atoms with van der Waals surface area (Å²) in [6.07, 6.45) is 6.48. The van der Waals surface area contributed by atoms with E-state index in [4.69, 9.17) is 0 Å². The second-order valence-electron chi connectivity index (χ2n) is 6.23. The highest BCUT2D eigenvalue weighted by Crippen LogP contribution is 2.22. The molecular weight excluding hydrogens is 330 g/mol. The summed E-state index contributed by atoms with van der Waals surface area (Å²) in [5.41, 5.74) is 2.23. The van der Waals surface area contributed by atoms with Gasteiger partial charge >= 0.3 is 0 Å². The summed E-state index contributed by atoms with van der Waals surface area (Å²) in [6.45, 7) is 2.15. The molecular formula is C20H21N3O3. The van der Waals surface area contributed by atoms with E-state index in [0.717, 1.165) is 18.8 Å². The second-order valence-corrected chi connectivity index (χ2v) is 6.23. The lowest BCUT2D eigenvalue weighted by Gasteiger charge is -2.28. The van der Waals surface area contributed by atoms with E-state index in [2.05, 4.69) is 10.2 Å². The third-order valence-corrected chi connectivity index (χ3v) is 4.40. The molecule has 1 fully saturated rings. The first-order valence-corrected chi connectivity index (χ1v) is 8.71. The number of nitrogens with one attached hydrogen (secondary N) is 1. The molecule has 0 unspecified atom stereocenters. The largest absolute Gasteiger partial charge is 0.372 e. The Hall–Kier alpha value is -3.15. The highest BCUT2D eigenvalue weighted by molar-refractivity contribution is 6.02. The van der Waals surface area contributed by atoms with Crippen molar-refractivity contribution in [3.8, 4) is 0 Å². The summed E-state index contributed by atoms with van der Waals surface area (Å²) in [7, 11) is 0. The molecule has 6 heteroatoms. The van der Waals surface area contributed by atoms with Gasteiger partial charge in [0.05, 0.1) is 10.5 Å². The molecule has 0 aromatic heterocycles. The highest BCUT2D eigenvalue weighted by Gasteiger charge is 2.11. The van der Waals surface area contributed by atoms with Gasteiger partial charge in [0.1, 0.15) is 0 Å².